The van der Waals surface area contributed by atoms with Gasteiger partial charge in [0.05, 0.1) is 12.7 Å². The van der Waals surface area contributed by atoms with E-state index in [1.165, 1.54) is 0 Å². The van der Waals surface area contributed by atoms with E-state index >= 15 is 0 Å². The van der Waals surface area contributed by atoms with E-state index in [1.54, 1.807) is 0 Å². The second kappa shape index (κ2) is 2.31. The highest BCUT2D eigenvalue weighted by atomic mass is 16.6. The summed E-state index contributed by atoms with van der Waals surface area (Å²) >= 11 is 0. The summed E-state index contributed by atoms with van der Waals surface area (Å²) in [7, 11) is 0. The van der Waals surface area contributed by atoms with Crippen molar-refractivity contribution in [1.29, 1.82) is 0 Å². The zero-order valence-electron chi connectivity index (χ0n) is 5.42. The van der Waals surface area contributed by atoms with E-state index in [0.717, 1.165) is 6.61 Å². The van der Waals surface area contributed by atoms with Crippen LogP contribution in [0.4, 0.5) is 0 Å². The highest BCUT2D eigenvalue weighted by Gasteiger charge is 2.26. The van der Waals surface area contributed by atoms with Gasteiger partial charge < -0.3 is 4.74 Å². The molecule has 1 fully saturated rings. The second-order valence-corrected chi connectivity index (χ2v) is 2.26. The smallest absolute Gasteiger partial charge is 0.0869 e. The van der Waals surface area contributed by atoms with E-state index in [9.17, 15) is 0 Å². The van der Waals surface area contributed by atoms with Crippen LogP contribution in [0.5, 0.6) is 0 Å². The van der Waals surface area contributed by atoms with Gasteiger partial charge in [0.2, 0.25) is 0 Å². The van der Waals surface area contributed by atoms with Crippen LogP contribution in [0.25, 0.3) is 0 Å². The first-order valence-corrected chi connectivity index (χ1v) is 3.09. The second-order valence-electron chi connectivity index (χ2n) is 2.26. The minimum Gasteiger partial charge on any atom is -0.373 e. The molecule has 0 bridgehead atoms. The highest BCUT2D eigenvalue weighted by molar-refractivity contribution is 4.91. The van der Waals surface area contributed by atoms with Crippen LogP contribution in [0.1, 0.15) is 13.8 Å². The van der Waals surface area contributed by atoms with Crippen LogP contribution >= 0.6 is 0 Å². The third-order valence-corrected chi connectivity index (χ3v) is 1.44. The Bertz CT molecular complexity index is 92.6. The van der Waals surface area contributed by atoms with Crippen LogP contribution in [-0.2, 0) is 4.74 Å². The fourth-order valence-electron chi connectivity index (χ4n) is 0.787. The lowest BCUT2D eigenvalue weighted by Gasteiger charge is -1.95. The summed E-state index contributed by atoms with van der Waals surface area (Å²) in [4.78, 5) is 0. The minimum absolute atomic E-state index is 0.534. The summed E-state index contributed by atoms with van der Waals surface area (Å²) in [6.07, 6.45) is 4.79. The van der Waals surface area contributed by atoms with Gasteiger partial charge >= 0.3 is 0 Å². The maximum Gasteiger partial charge on any atom is 0.0869 e. The molecular weight excluding hydrogens is 100 g/mol. The van der Waals surface area contributed by atoms with Gasteiger partial charge in [0, 0.05) is 5.92 Å². The van der Waals surface area contributed by atoms with Gasteiger partial charge in [-0.25, -0.2) is 0 Å². The lowest BCUT2D eigenvalue weighted by Crippen LogP contribution is -1.97. The SMILES string of the molecule is C/C=C\C(C)C1CO1. The Hall–Kier alpha value is -0.300. The van der Waals surface area contributed by atoms with Crippen LogP contribution in [0.15, 0.2) is 12.2 Å². The summed E-state index contributed by atoms with van der Waals surface area (Å²) < 4.78 is 5.07. The number of epoxide rings is 1. The quantitative estimate of drug-likeness (QED) is 0.390. The van der Waals surface area contributed by atoms with E-state index in [4.69, 9.17) is 4.74 Å². The number of allylic oxidation sites excluding steroid dienone is 1. The Morgan fingerprint density at radius 1 is 1.75 bits per heavy atom. The fourth-order valence-corrected chi connectivity index (χ4v) is 0.787. The van der Waals surface area contributed by atoms with Crippen molar-refractivity contribution in [3.8, 4) is 0 Å². The van der Waals surface area contributed by atoms with Gasteiger partial charge in [-0.05, 0) is 6.92 Å². The summed E-state index contributed by atoms with van der Waals surface area (Å²) in [6, 6.07) is 0. The molecule has 0 aliphatic carbocycles. The molecule has 1 heteroatoms. The van der Waals surface area contributed by atoms with Crippen molar-refractivity contribution < 1.29 is 4.74 Å². The molecular formula is C7H12O. The first kappa shape index (κ1) is 5.83. The lowest BCUT2D eigenvalue weighted by atomic mass is 10.1. The summed E-state index contributed by atoms with van der Waals surface area (Å²) in [5, 5.41) is 0. The average molecular weight is 112 g/mol. The van der Waals surface area contributed by atoms with Gasteiger partial charge in [-0.2, -0.15) is 0 Å². The number of hydrogen-bond acceptors (Lipinski definition) is 1. The Labute approximate surface area is 50.3 Å². The molecule has 1 rings (SSSR count). The number of hydrogen-bond donors (Lipinski definition) is 0. The van der Waals surface area contributed by atoms with Gasteiger partial charge in [0.1, 0.15) is 0 Å². The van der Waals surface area contributed by atoms with Crippen molar-refractivity contribution in [2.24, 2.45) is 5.92 Å². The monoisotopic (exact) mass is 112 g/mol. The lowest BCUT2D eigenvalue weighted by molar-refractivity contribution is 0.371. The Morgan fingerprint density at radius 2 is 2.38 bits per heavy atom. The molecule has 1 aliphatic heterocycles. The van der Waals surface area contributed by atoms with Crippen molar-refractivity contribution in [1.82, 2.24) is 0 Å². The van der Waals surface area contributed by atoms with Gasteiger partial charge in [-0.3, -0.25) is 0 Å². The number of ether oxygens (including phenoxy) is 1. The molecule has 1 aliphatic rings. The summed E-state index contributed by atoms with van der Waals surface area (Å²) in [5.41, 5.74) is 0. The molecule has 8 heavy (non-hydrogen) atoms. The van der Waals surface area contributed by atoms with Crippen LogP contribution in [0.3, 0.4) is 0 Å². The zero-order chi connectivity index (χ0) is 5.98. The Balaban J connectivity index is 2.22. The minimum atomic E-state index is 0.534. The molecule has 0 aromatic rings. The van der Waals surface area contributed by atoms with E-state index < -0.39 is 0 Å². The van der Waals surface area contributed by atoms with Gasteiger partial charge in [0.15, 0.2) is 0 Å². The van der Waals surface area contributed by atoms with Crippen LogP contribution < -0.4 is 0 Å². The molecule has 2 unspecified atom stereocenters. The summed E-state index contributed by atoms with van der Waals surface area (Å²) in [5.74, 6) is 0.625. The van der Waals surface area contributed by atoms with E-state index in [1.807, 2.05) is 6.92 Å². The predicted molar refractivity (Wildman–Crippen MR) is 33.7 cm³/mol. The maximum atomic E-state index is 5.07. The third kappa shape index (κ3) is 1.34. The van der Waals surface area contributed by atoms with E-state index in [2.05, 4.69) is 19.1 Å². The van der Waals surface area contributed by atoms with Crippen molar-refractivity contribution in [2.45, 2.75) is 20.0 Å². The number of rotatable bonds is 2. The van der Waals surface area contributed by atoms with Crippen LogP contribution in [-0.4, -0.2) is 12.7 Å². The molecule has 0 spiro atoms. The van der Waals surface area contributed by atoms with Crippen molar-refractivity contribution in [3.63, 3.8) is 0 Å². The molecule has 1 heterocycles. The Morgan fingerprint density at radius 3 is 2.75 bits per heavy atom. The van der Waals surface area contributed by atoms with Gasteiger partial charge in [0.25, 0.3) is 0 Å². The topological polar surface area (TPSA) is 12.5 Å². The fraction of sp³-hybridized carbons (Fsp3) is 0.714. The van der Waals surface area contributed by atoms with Gasteiger partial charge in [-0.15, -0.1) is 0 Å². The molecule has 0 amide bonds. The third-order valence-electron chi connectivity index (χ3n) is 1.44. The zero-order valence-corrected chi connectivity index (χ0v) is 5.42. The molecule has 0 saturated carbocycles. The average Bonchev–Trinajstić information content (AvgIpc) is 2.45. The maximum absolute atomic E-state index is 5.07. The summed E-state index contributed by atoms with van der Waals surface area (Å²) in [6.45, 7) is 5.18. The standard InChI is InChI=1S/C7H12O/c1-3-4-6(2)7-5-8-7/h3-4,6-7H,5H2,1-2H3/b4-3-. The largest absolute Gasteiger partial charge is 0.373 e. The normalized spacial score (nSPS) is 31.0. The molecule has 0 aromatic carbocycles. The molecule has 0 N–H and O–H groups in total. The Kier molecular flexibility index (Phi) is 1.69. The van der Waals surface area contributed by atoms with Crippen LogP contribution in [0.2, 0.25) is 0 Å². The highest BCUT2D eigenvalue weighted by Crippen LogP contribution is 2.20. The van der Waals surface area contributed by atoms with E-state index in [-0.39, 0.29) is 0 Å². The van der Waals surface area contributed by atoms with Crippen LogP contribution in [0, 0.1) is 5.92 Å². The van der Waals surface area contributed by atoms with Crippen molar-refractivity contribution in [2.75, 3.05) is 6.61 Å². The molecule has 1 saturated heterocycles. The predicted octanol–water partition coefficient (Wildman–Crippen LogP) is 1.60. The molecule has 2 atom stereocenters. The first-order valence-electron chi connectivity index (χ1n) is 3.09. The van der Waals surface area contributed by atoms with Crippen molar-refractivity contribution in [3.05, 3.63) is 12.2 Å². The molecule has 0 radical (unpaired) electrons. The molecule has 1 nitrogen and oxygen atoms in total. The van der Waals surface area contributed by atoms with Crippen molar-refractivity contribution >= 4 is 0 Å². The van der Waals surface area contributed by atoms with E-state index in [0.29, 0.717) is 12.0 Å². The molecule has 46 valence electrons. The van der Waals surface area contributed by atoms with Gasteiger partial charge in [-0.1, -0.05) is 19.1 Å². The first-order chi connectivity index (χ1) is 3.84. The molecule has 0 aromatic heterocycles.